The zero-order chi connectivity index (χ0) is 13.8. The Hall–Kier alpha value is -1.68. The summed E-state index contributed by atoms with van der Waals surface area (Å²) in [5.41, 5.74) is 2.57. The maximum absolute atomic E-state index is 12.0. The largest absolute Gasteiger partial charge is 0.322 e. The predicted octanol–water partition coefficient (Wildman–Crippen LogP) is 4.22. The van der Waals surface area contributed by atoms with Gasteiger partial charge in [-0.15, -0.1) is 0 Å². The predicted molar refractivity (Wildman–Crippen MR) is 80.4 cm³/mol. The number of pyridine rings is 1. The highest BCUT2D eigenvalue weighted by atomic mass is 79.9. The molecule has 1 heterocycles. The summed E-state index contributed by atoms with van der Waals surface area (Å²) in [7, 11) is 0. The second-order valence-corrected chi connectivity index (χ2v) is 5.54. The van der Waals surface area contributed by atoms with E-state index in [-0.39, 0.29) is 5.91 Å². The molecule has 0 radical (unpaired) electrons. The Morgan fingerprint density at radius 3 is 2.47 bits per heavy atom. The number of carbonyl (C=O) groups excluding carboxylic acids is 1. The molecule has 1 aromatic heterocycles. The van der Waals surface area contributed by atoms with Gasteiger partial charge < -0.3 is 5.32 Å². The van der Waals surface area contributed by atoms with Gasteiger partial charge in [0.2, 0.25) is 0 Å². The molecule has 1 N–H and O–H groups in total. The van der Waals surface area contributed by atoms with Crippen LogP contribution in [0.4, 0.5) is 5.69 Å². The molecule has 0 unspecified atom stereocenters. The average molecular weight is 319 g/mol. The summed E-state index contributed by atoms with van der Waals surface area (Å²) in [6.45, 7) is 4.28. The van der Waals surface area contributed by atoms with Gasteiger partial charge in [-0.05, 0) is 45.6 Å². The molecular formula is C15H15BrN2O. The fourth-order valence-electron chi connectivity index (χ4n) is 1.69. The van der Waals surface area contributed by atoms with E-state index in [1.807, 2.05) is 24.3 Å². The minimum Gasteiger partial charge on any atom is -0.322 e. The second kappa shape index (κ2) is 5.97. The van der Waals surface area contributed by atoms with Gasteiger partial charge in [-0.2, -0.15) is 0 Å². The van der Waals surface area contributed by atoms with Crippen molar-refractivity contribution >= 4 is 27.5 Å². The first-order valence-corrected chi connectivity index (χ1v) is 6.87. The van der Waals surface area contributed by atoms with Crippen molar-refractivity contribution in [3.8, 4) is 0 Å². The molecule has 0 aliphatic rings. The van der Waals surface area contributed by atoms with Crippen LogP contribution < -0.4 is 5.32 Å². The van der Waals surface area contributed by atoms with Gasteiger partial charge in [0.05, 0.1) is 5.56 Å². The number of benzene rings is 1. The smallest absolute Gasteiger partial charge is 0.257 e. The monoisotopic (exact) mass is 318 g/mol. The van der Waals surface area contributed by atoms with Crippen LogP contribution in [-0.2, 0) is 0 Å². The average Bonchev–Trinajstić information content (AvgIpc) is 2.39. The SMILES string of the molecule is CC(C)c1ccc(NC(=O)c2cncc(Br)c2)cc1. The Morgan fingerprint density at radius 2 is 1.89 bits per heavy atom. The standard InChI is InChI=1S/C15H15BrN2O/c1-10(2)11-3-5-14(6-4-11)18-15(19)12-7-13(16)9-17-8-12/h3-10H,1-2H3,(H,18,19). The van der Waals surface area contributed by atoms with Crippen molar-refractivity contribution < 1.29 is 4.79 Å². The molecule has 0 aliphatic carbocycles. The molecule has 98 valence electrons. The van der Waals surface area contributed by atoms with Gasteiger partial charge >= 0.3 is 0 Å². The topological polar surface area (TPSA) is 42.0 Å². The van der Waals surface area contributed by atoms with Crippen molar-refractivity contribution in [2.24, 2.45) is 0 Å². The minimum absolute atomic E-state index is 0.161. The third-order valence-corrected chi connectivity index (χ3v) is 3.24. The number of hydrogen-bond acceptors (Lipinski definition) is 2. The lowest BCUT2D eigenvalue weighted by atomic mass is 10.0. The number of carbonyl (C=O) groups is 1. The lowest BCUT2D eigenvalue weighted by molar-refractivity contribution is 0.102. The summed E-state index contributed by atoms with van der Waals surface area (Å²) in [4.78, 5) is 16.0. The van der Waals surface area contributed by atoms with E-state index >= 15 is 0 Å². The molecule has 19 heavy (non-hydrogen) atoms. The molecule has 0 saturated carbocycles. The van der Waals surface area contributed by atoms with Crippen molar-refractivity contribution in [2.45, 2.75) is 19.8 Å². The van der Waals surface area contributed by atoms with E-state index in [4.69, 9.17) is 0 Å². The summed E-state index contributed by atoms with van der Waals surface area (Å²) in [5, 5.41) is 2.85. The summed E-state index contributed by atoms with van der Waals surface area (Å²) < 4.78 is 0.787. The molecule has 0 spiro atoms. The zero-order valence-electron chi connectivity index (χ0n) is 10.9. The van der Waals surface area contributed by atoms with Crippen LogP contribution in [0.2, 0.25) is 0 Å². The molecule has 1 amide bonds. The molecule has 2 aromatic rings. The normalized spacial score (nSPS) is 10.5. The minimum atomic E-state index is -0.161. The lowest BCUT2D eigenvalue weighted by Crippen LogP contribution is -2.12. The number of halogens is 1. The number of amides is 1. The summed E-state index contributed by atoms with van der Waals surface area (Å²) in [6, 6.07) is 9.63. The molecule has 0 aliphatic heterocycles. The highest BCUT2D eigenvalue weighted by Gasteiger charge is 2.07. The molecule has 4 heteroatoms. The number of hydrogen-bond donors (Lipinski definition) is 1. The third-order valence-electron chi connectivity index (χ3n) is 2.80. The first-order valence-electron chi connectivity index (χ1n) is 6.08. The van der Waals surface area contributed by atoms with Crippen LogP contribution in [0, 0.1) is 0 Å². The van der Waals surface area contributed by atoms with Crippen LogP contribution in [0.1, 0.15) is 35.7 Å². The first-order chi connectivity index (χ1) is 9.06. The number of anilines is 1. The summed E-state index contributed by atoms with van der Waals surface area (Å²) in [6.07, 6.45) is 3.19. The van der Waals surface area contributed by atoms with E-state index in [0.717, 1.165) is 10.2 Å². The lowest BCUT2D eigenvalue weighted by Gasteiger charge is -2.08. The fraction of sp³-hybridized carbons (Fsp3) is 0.200. The maximum Gasteiger partial charge on any atom is 0.257 e. The highest BCUT2D eigenvalue weighted by Crippen LogP contribution is 2.18. The Morgan fingerprint density at radius 1 is 1.21 bits per heavy atom. The highest BCUT2D eigenvalue weighted by molar-refractivity contribution is 9.10. The molecular weight excluding hydrogens is 304 g/mol. The summed E-state index contributed by atoms with van der Waals surface area (Å²) >= 11 is 3.30. The molecule has 0 atom stereocenters. The number of nitrogens with one attached hydrogen (secondary N) is 1. The van der Waals surface area contributed by atoms with E-state index in [1.54, 1.807) is 18.5 Å². The third kappa shape index (κ3) is 3.64. The van der Waals surface area contributed by atoms with Gasteiger partial charge in [0.25, 0.3) is 5.91 Å². The van der Waals surface area contributed by atoms with E-state index < -0.39 is 0 Å². The van der Waals surface area contributed by atoms with Crippen molar-refractivity contribution in [2.75, 3.05) is 5.32 Å². The molecule has 0 saturated heterocycles. The summed E-state index contributed by atoms with van der Waals surface area (Å²) in [5.74, 6) is 0.324. The van der Waals surface area contributed by atoms with Crippen molar-refractivity contribution in [1.82, 2.24) is 4.98 Å². The Bertz CT molecular complexity index is 579. The molecule has 1 aromatic carbocycles. The van der Waals surface area contributed by atoms with Crippen LogP contribution in [0.3, 0.4) is 0 Å². The number of aromatic nitrogens is 1. The van der Waals surface area contributed by atoms with Gasteiger partial charge in [-0.1, -0.05) is 26.0 Å². The molecule has 0 bridgehead atoms. The number of nitrogens with zero attached hydrogens (tertiary/aromatic N) is 1. The van der Waals surface area contributed by atoms with Crippen molar-refractivity contribution in [1.29, 1.82) is 0 Å². The maximum atomic E-state index is 12.0. The first kappa shape index (κ1) is 13.7. The zero-order valence-corrected chi connectivity index (χ0v) is 12.4. The van der Waals surface area contributed by atoms with E-state index in [9.17, 15) is 4.79 Å². The Labute approximate surface area is 121 Å². The Kier molecular flexibility index (Phi) is 4.32. The van der Waals surface area contributed by atoms with Crippen LogP contribution >= 0.6 is 15.9 Å². The van der Waals surface area contributed by atoms with Crippen molar-refractivity contribution in [3.05, 3.63) is 58.3 Å². The van der Waals surface area contributed by atoms with Crippen LogP contribution in [-0.4, -0.2) is 10.9 Å². The van der Waals surface area contributed by atoms with Gasteiger partial charge in [0.15, 0.2) is 0 Å². The van der Waals surface area contributed by atoms with Crippen LogP contribution in [0.25, 0.3) is 0 Å². The van der Waals surface area contributed by atoms with E-state index in [0.29, 0.717) is 11.5 Å². The van der Waals surface area contributed by atoms with Crippen molar-refractivity contribution in [3.63, 3.8) is 0 Å². The van der Waals surface area contributed by atoms with Gasteiger partial charge in [0.1, 0.15) is 0 Å². The van der Waals surface area contributed by atoms with Crippen LogP contribution in [0.15, 0.2) is 47.2 Å². The quantitative estimate of drug-likeness (QED) is 0.920. The van der Waals surface area contributed by atoms with Gasteiger partial charge in [-0.3, -0.25) is 9.78 Å². The number of rotatable bonds is 3. The molecule has 0 fully saturated rings. The van der Waals surface area contributed by atoms with Gasteiger partial charge in [0, 0.05) is 22.6 Å². The Balaban J connectivity index is 2.10. The van der Waals surface area contributed by atoms with E-state index in [1.165, 1.54) is 5.56 Å². The molecule has 3 nitrogen and oxygen atoms in total. The van der Waals surface area contributed by atoms with Crippen LogP contribution in [0.5, 0.6) is 0 Å². The van der Waals surface area contributed by atoms with Gasteiger partial charge in [-0.25, -0.2) is 0 Å². The second-order valence-electron chi connectivity index (χ2n) is 4.62. The van der Waals surface area contributed by atoms with E-state index in [2.05, 4.69) is 40.1 Å². The fourth-order valence-corrected chi connectivity index (χ4v) is 2.06. The molecule has 2 rings (SSSR count).